The number of unbranched alkanes of at least 4 members (excludes halogenated alkanes) is 1. The van der Waals surface area contributed by atoms with Crippen LogP contribution in [-0.2, 0) is 4.74 Å². The molecular formula is C12H23NO2. The van der Waals surface area contributed by atoms with E-state index in [0.717, 1.165) is 19.3 Å². The molecule has 88 valence electrons. The molecule has 0 aliphatic heterocycles. The highest BCUT2D eigenvalue weighted by Crippen LogP contribution is 2.07. The largest absolute Gasteiger partial charge is 0.444 e. The Bertz CT molecular complexity index is 206. The molecule has 3 heteroatoms. The van der Waals surface area contributed by atoms with Gasteiger partial charge in [-0.1, -0.05) is 6.08 Å². The first kappa shape index (κ1) is 14.0. The van der Waals surface area contributed by atoms with Crippen molar-refractivity contribution < 1.29 is 9.53 Å². The second kappa shape index (κ2) is 6.49. The van der Waals surface area contributed by atoms with E-state index in [2.05, 4.69) is 11.9 Å². The zero-order chi connectivity index (χ0) is 11.9. The van der Waals surface area contributed by atoms with Gasteiger partial charge in [-0.05, 0) is 47.0 Å². The van der Waals surface area contributed by atoms with E-state index in [1.807, 2.05) is 33.8 Å². The minimum absolute atomic E-state index is 0.153. The molecule has 1 N–H and O–H groups in total. The third-order valence-electron chi connectivity index (χ3n) is 1.81. The van der Waals surface area contributed by atoms with Gasteiger partial charge in [0.2, 0.25) is 0 Å². The number of alkyl carbamates (subject to hydrolysis) is 1. The topological polar surface area (TPSA) is 38.3 Å². The summed E-state index contributed by atoms with van der Waals surface area (Å²) in [6, 6.07) is 0.153. The minimum atomic E-state index is -0.426. The molecule has 15 heavy (non-hydrogen) atoms. The van der Waals surface area contributed by atoms with E-state index in [0.29, 0.717) is 0 Å². The fourth-order valence-corrected chi connectivity index (χ4v) is 1.15. The van der Waals surface area contributed by atoms with Gasteiger partial charge in [0.05, 0.1) is 0 Å². The lowest BCUT2D eigenvalue weighted by Crippen LogP contribution is -2.37. The second-order valence-electron chi connectivity index (χ2n) is 4.77. The van der Waals surface area contributed by atoms with Crippen LogP contribution in [0.15, 0.2) is 12.7 Å². The number of carbonyl (C=O) groups excluding carboxylic acids is 1. The SMILES string of the molecule is C=CCCCC(C)NC(=O)OC(C)(C)C. The summed E-state index contributed by atoms with van der Waals surface area (Å²) in [5.74, 6) is 0. The van der Waals surface area contributed by atoms with Crippen molar-refractivity contribution in [1.29, 1.82) is 0 Å². The Morgan fingerprint density at radius 2 is 2.13 bits per heavy atom. The molecular weight excluding hydrogens is 190 g/mol. The molecule has 3 nitrogen and oxygen atoms in total. The van der Waals surface area contributed by atoms with E-state index in [1.165, 1.54) is 0 Å². The average molecular weight is 213 g/mol. The quantitative estimate of drug-likeness (QED) is 0.562. The number of carbonyl (C=O) groups is 1. The molecule has 0 heterocycles. The van der Waals surface area contributed by atoms with Crippen molar-refractivity contribution >= 4 is 6.09 Å². The van der Waals surface area contributed by atoms with Gasteiger partial charge in [-0.25, -0.2) is 4.79 Å². The van der Waals surface area contributed by atoms with Crippen LogP contribution in [0.1, 0.15) is 47.0 Å². The van der Waals surface area contributed by atoms with Gasteiger partial charge in [0, 0.05) is 6.04 Å². The predicted octanol–water partition coefficient (Wildman–Crippen LogP) is 3.26. The number of rotatable bonds is 5. The number of hydrogen-bond acceptors (Lipinski definition) is 2. The van der Waals surface area contributed by atoms with Crippen LogP contribution in [0, 0.1) is 0 Å². The maximum Gasteiger partial charge on any atom is 0.407 e. The maximum absolute atomic E-state index is 11.3. The second-order valence-corrected chi connectivity index (χ2v) is 4.77. The van der Waals surface area contributed by atoms with Crippen molar-refractivity contribution in [3.8, 4) is 0 Å². The molecule has 1 atom stereocenters. The molecule has 0 aromatic carbocycles. The van der Waals surface area contributed by atoms with E-state index >= 15 is 0 Å². The zero-order valence-corrected chi connectivity index (χ0v) is 10.3. The van der Waals surface area contributed by atoms with Crippen LogP contribution in [0.4, 0.5) is 4.79 Å². The van der Waals surface area contributed by atoms with Crippen LogP contribution in [0.25, 0.3) is 0 Å². The molecule has 0 aromatic rings. The highest BCUT2D eigenvalue weighted by atomic mass is 16.6. The summed E-state index contributed by atoms with van der Waals surface area (Å²) in [5.41, 5.74) is -0.426. The third kappa shape index (κ3) is 9.32. The lowest BCUT2D eigenvalue weighted by Gasteiger charge is -2.21. The zero-order valence-electron chi connectivity index (χ0n) is 10.3. The molecule has 0 fully saturated rings. The lowest BCUT2D eigenvalue weighted by atomic mass is 10.1. The first-order valence-corrected chi connectivity index (χ1v) is 5.45. The van der Waals surface area contributed by atoms with E-state index in [4.69, 9.17) is 4.74 Å². The van der Waals surface area contributed by atoms with Gasteiger partial charge < -0.3 is 10.1 Å². The van der Waals surface area contributed by atoms with E-state index in [-0.39, 0.29) is 12.1 Å². The van der Waals surface area contributed by atoms with Gasteiger partial charge >= 0.3 is 6.09 Å². The van der Waals surface area contributed by atoms with Crippen molar-refractivity contribution in [3.05, 3.63) is 12.7 Å². The number of allylic oxidation sites excluding steroid dienone is 1. The smallest absolute Gasteiger partial charge is 0.407 e. The molecule has 1 amide bonds. The van der Waals surface area contributed by atoms with Crippen molar-refractivity contribution in [2.24, 2.45) is 0 Å². The molecule has 0 rings (SSSR count). The van der Waals surface area contributed by atoms with Crippen molar-refractivity contribution in [1.82, 2.24) is 5.32 Å². The van der Waals surface area contributed by atoms with Crippen LogP contribution in [0.3, 0.4) is 0 Å². The number of amides is 1. The van der Waals surface area contributed by atoms with Gasteiger partial charge in [0.1, 0.15) is 5.60 Å². The summed E-state index contributed by atoms with van der Waals surface area (Å²) < 4.78 is 5.14. The molecule has 0 aliphatic rings. The van der Waals surface area contributed by atoms with Crippen LogP contribution < -0.4 is 5.32 Å². The van der Waals surface area contributed by atoms with E-state index in [1.54, 1.807) is 0 Å². The lowest BCUT2D eigenvalue weighted by molar-refractivity contribution is 0.0506. The van der Waals surface area contributed by atoms with Gasteiger partial charge in [0.15, 0.2) is 0 Å². The van der Waals surface area contributed by atoms with Crippen molar-refractivity contribution in [2.45, 2.75) is 58.6 Å². The molecule has 0 spiro atoms. The van der Waals surface area contributed by atoms with Crippen molar-refractivity contribution in [3.63, 3.8) is 0 Å². The first-order valence-electron chi connectivity index (χ1n) is 5.45. The Kier molecular flexibility index (Phi) is 6.06. The highest BCUT2D eigenvalue weighted by molar-refractivity contribution is 5.67. The Morgan fingerprint density at radius 1 is 1.53 bits per heavy atom. The van der Waals surface area contributed by atoms with Gasteiger partial charge in [-0.2, -0.15) is 0 Å². The van der Waals surface area contributed by atoms with Crippen LogP contribution in [0.2, 0.25) is 0 Å². The van der Waals surface area contributed by atoms with Crippen LogP contribution in [-0.4, -0.2) is 17.7 Å². The van der Waals surface area contributed by atoms with Crippen LogP contribution in [0.5, 0.6) is 0 Å². The Balaban J connectivity index is 3.71. The molecule has 0 aliphatic carbocycles. The van der Waals surface area contributed by atoms with E-state index in [9.17, 15) is 4.79 Å². The summed E-state index contributed by atoms with van der Waals surface area (Å²) in [5, 5.41) is 2.80. The summed E-state index contributed by atoms with van der Waals surface area (Å²) in [6.45, 7) is 11.2. The molecule has 0 aromatic heterocycles. The minimum Gasteiger partial charge on any atom is -0.444 e. The maximum atomic E-state index is 11.3. The monoisotopic (exact) mass is 213 g/mol. The predicted molar refractivity (Wildman–Crippen MR) is 62.9 cm³/mol. The van der Waals surface area contributed by atoms with Gasteiger partial charge in [-0.3, -0.25) is 0 Å². The standard InChI is InChI=1S/C12H23NO2/c1-6-7-8-9-10(2)13-11(14)15-12(3,4)5/h6,10H,1,7-9H2,2-5H3,(H,13,14). The number of hydrogen-bond donors (Lipinski definition) is 1. The Morgan fingerprint density at radius 3 is 2.60 bits per heavy atom. The van der Waals surface area contributed by atoms with Crippen molar-refractivity contribution in [2.75, 3.05) is 0 Å². The van der Waals surface area contributed by atoms with E-state index < -0.39 is 5.60 Å². The molecule has 1 unspecified atom stereocenters. The Labute approximate surface area is 92.9 Å². The molecule has 0 radical (unpaired) electrons. The molecule has 0 bridgehead atoms. The summed E-state index contributed by atoms with van der Waals surface area (Å²) in [7, 11) is 0. The third-order valence-corrected chi connectivity index (χ3v) is 1.81. The number of ether oxygens (including phenoxy) is 1. The molecule has 0 saturated heterocycles. The normalized spacial score (nSPS) is 13.1. The average Bonchev–Trinajstić information content (AvgIpc) is 2.00. The fraction of sp³-hybridized carbons (Fsp3) is 0.750. The summed E-state index contributed by atoms with van der Waals surface area (Å²) >= 11 is 0. The number of nitrogens with one attached hydrogen (secondary N) is 1. The summed E-state index contributed by atoms with van der Waals surface area (Å²) in [6.07, 6.45) is 4.53. The first-order chi connectivity index (χ1) is 6.85. The molecule has 0 saturated carbocycles. The van der Waals surface area contributed by atoms with Gasteiger partial charge in [0.25, 0.3) is 0 Å². The summed E-state index contributed by atoms with van der Waals surface area (Å²) in [4.78, 5) is 11.3. The Hall–Kier alpha value is -0.990. The highest BCUT2D eigenvalue weighted by Gasteiger charge is 2.17. The van der Waals surface area contributed by atoms with Gasteiger partial charge in [-0.15, -0.1) is 6.58 Å². The van der Waals surface area contributed by atoms with Crippen LogP contribution >= 0.6 is 0 Å². The fourth-order valence-electron chi connectivity index (χ4n) is 1.15.